The lowest BCUT2D eigenvalue weighted by molar-refractivity contribution is 0.0947. The van der Waals surface area contributed by atoms with E-state index in [9.17, 15) is 9.18 Å². The summed E-state index contributed by atoms with van der Waals surface area (Å²) in [5, 5.41) is 14.2. The van der Waals surface area contributed by atoms with E-state index in [2.05, 4.69) is 33.0 Å². The highest BCUT2D eigenvalue weighted by atomic mass is 19.1. The van der Waals surface area contributed by atoms with Crippen LogP contribution in [0.25, 0.3) is 39.0 Å². The van der Waals surface area contributed by atoms with Gasteiger partial charge in [0, 0.05) is 36.6 Å². The van der Waals surface area contributed by atoms with Crippen molar-refractivity contribution in [2.75, 3.05) is 25.9 Å². The predicted octanol–water partition coefficient (Wildman–Crippen LogP) is 4.72. The second-order valence-corrected chi connectivity index (χ2v) is 9.72. The maximum atomic E-state index is 13.7. The molecule has 0 unspecified atom stereocenters. The minimum atomic E-state index is -0.508. The van der Waals surface area contributed by atoms with E-state index < -0.39 is 11.7 Å². The predicted molar refractivity (Wildman–Crippen MR) is 157 cm³/mol. The zero-order chi connectivity index (χ0) is 28.3. The summed E-state index contributed by atoms with van der Waals surface area (Å²) >= 11 is 0. The van der Waals surface area contributed by atoms with E-state index in [0.29, 0.717) is 22.6 Å². The van der Waals surface area contributed by atoms with Crippen LogP contribution in [0.1, 0.15) is 27.9 Å². The number of amides is 1. The molecule has 5 aromatic rings. The SMILES string of the molecule is COc1ccc(F)cc1C(=O)NCc1ccc(-c2ncc(-c3ccc(C4=CCNCC4)cn3)c3[nH]nc(N)c23)cc1. The molecule has 9 nitrogen and oxygen atoms in total. The number of anilines is 1. The number of halogens is 1. The summed E-state index contributed by atoms with van der Waals surface area (Å²) in [7, 11) is 1.44. The molecule has 1 amide bonds. The van der Waals surface area contributed by atoms with Crippen LogP contribution in [0.15, 0.2) is 73.1 Å². The molecule has 0 radical (unpaired) electrons. The quantitative estimate of drug-likeness (QED) is 0.231. The van der Waals surface area contributed by atoms with E-state index in [4.69, 9.17) is 20.4 Å². The van der Waals surface area contributed by atoms with Gasteiger partial charge in [-0.25, -0.2) is 4.39 Å². The Morgan fingerprint density at radius 3 is 2.63 bits per heavy atom. The van der Waals surface area contributed by atoms with Gasteiger partial charge >= 0.3 is 0 Å². The van der Waals surface area contributed by atoms with Crippen molar-refractivity contribution in [1.82, 2.24) is 30.8 Å². The summed E-state index contributed by atoms with van der Waals surface area (Å²) in [5.74, 6) is -0.280. The molecule has 206 valence electrons. The number of H-pyrrole nitrogens is 1. The van der Waals surface area contributed by atoms with E-state index in [0.717, 1.165) is 59.0 Å². The number of ether oxygens (including phenoxy) is 1. The van der Waals surface area contributed by atoms with Gasteiger partial charge < -0.3 is 21.1 Å². The van der Waals surface area contributed by atoms with Crippen molar-refractivity contribution in [3.63, 3.8) is 0 Å². The molecule has 1 aliphatic heterocycles. The first-order valence-corrected chi connectivity index (χ1v) is 13.2. The van der Waals surface area contributed by atoms with E-state index in [1.807, 2.05) is 36.5 Å². The summed E-state index contributed by atoms with van der Waals surface area (Å²) in [6.07, 6.45) is 6.85. The third kappa shape index (κ3) is 5.24. The van der Waals surface area contributed by atoms with E-state index >= 15 is 0 Å². The number of benzene rings is 2. The van der Waals surface area contributed by atoms with Gasteiger partial charge in [0.1, 0.15) is 11.6 Å². The minimum absolute atomic E-state index is 0.138. The van der Waals surface area contributed by atoms with Gasteiger partial charge in [-0.3, -0.25) is 19.9 Å². The number of nitrogens with one attached hydrogen (secondary N) is 3. The second kappa shape index (κ2) is 11.2. The number of carbonyl (C=O) groups is 1. The summed E-state index contributed by atoms with van der Waals surface area (Å²) in [6.45, 7) is 2.09. The second-order valence-electron chi connectivity index (χ2n) is 9.72. The molecule has 3 aromatic heterocycles. The number of rotatable bonds is 7. The minimum Gasteiger partial charge on any atom is -0.496 e. The molecule has 0 spiro atoms. The van der Waals surface area contributed by atoms with Crippen molar-refractivity contribution in [2.45, 2.75) is 13.0 Å². The number of pyridine rings is 2. The molecule has 0 bridgehead atoms. The molecule has 0 atom stereocenters. The van der Waals surface area contributed by atoms with Crippen molar-refractivity contribution >= 4 is 28.2 Å². The first-order chi connectivity index (χ1) is 20.0. The maximum absolute atomic E-state index is 13.7. The first-order valence-electron chi connectivity index (χ1n) is 13.2. The number of nitrogens with zero attached hydrogens (tertiary/aromatic N) is 3. The first kappa shape index (κ1) is 26.1. The molecule has 6 rings (SSSR count). The summed E-state index contributed by atoms with van der Waals surface area (Å²) in [6, 6.07) is 15.5. The van der Waals surface area contributed by atoms with Crippen molar-refractivity contribution in [2.24, 2.45) is 0 Å². The number of fused-ring (bicyclic) bond motifs is 1. The van der Waals surface area contributed by atoms with Gasteiger partial charge in [0.2, 0.25) is 0 Å². The Kier molecular flexibility index (Phi) is 7.13. The molecule has 0 saturated heterocycles. The highest BCUT2D eigenvalue weighted by Crippen LogP contribution is 2.35. The third-order valence-corrected chi connectivity index (χ3v) is 7.18. The molecular formula is C31H28FN7O2. The average Bonchev–Trinajstić information content (AvgIpc) is 3.41. The van der Waals surface area contributed by atoms with Gasteiger partial charge in [0.15, 0.2) is 5.82 Å². The van der Waals surface area contributed by atoms with Crippen LogP contribution in [0, 0.1) is 5.82 Å². The van der Waals surface area contributed by atoms with E-state index in [1.54, 1.807) is 6.20 Å². The number of aromatic nitrogens is 4. The van der Waals surface area contributed by atoms with Crippen molar-refractivity contribution < 1.29 is 13.9 Å². The Balaban J connectivity index is 1.23. The van der Waals surface area contributed by atoms with Gasteiger partial charge in [0.25, 0.3) is 5.91 Å². The lowest BCUT2D eigenvalue weighted by atomic mass is 10.00. The van der Waals surface area contributed by atoms with Crippen molar-refractivity contribution in [3.8, 4) is 28.3 Å². The Bertz CT molecular complexity index is 1760. The smallest absolute Gasteiger partial charge is 0.255 e. The number of hydrogen-bond acceptors (Lipinski definition) is 7. The maximum Gasteiger partial charge on any atom is 0.255 e. The molecular weight excluding hydrogens is 521 g/mol. The molecule has 0 fully saturated rings. The van der Waals surface area contributed by atoms with E-state index in [-0.39, 0.29) is 12.1 Å². The largest absolute Gasteiger partial charge is 0.496 e. The van der Waals surface area contributed by atoms with Gasteiger partial charge in [0.05, 0.1) is 35.0 Å². The third-order valence-electron chi connectivity index (χ3n) is 7.18. The molecule has 41 heavy (non-hydrogen) atoms. The number of aromatic amines is 1. The monoisotopic (exact) mass is 549 g/mol. The molecule has 1 aliphatic rings. The Labute approximate surface area is 235 Å². The van der Waals surface area contributed by atoms with Crippen LogP contribution in [0.3, 0.4) is 0 Å². The molecule has 5 N–H and O–H groups in total. The van der Waals surface area contributed by atoms with Crippen LogP contribution in [-0.4, -0.2) is 46.3 Å². The highest BCUT2D eigenvalue weighted by molar-refractivity contribution is 6.05. The standard InChI is InChI=1S/C31H28FN7O2/c1-41-26-9-7-22(32)14-23(26)31(40)37-15-18-2-4-20(5-3-18)28-27-29(38-39-30(27)33)24(17-36-28)25-8-6-21(16-35-25)19-10-12-34-13-11-19/h2-10,14,16-17,34H,11-13,15H2,1H3,(H,37,40)(H3,33,38,39). The normalized spacial score (nSPS) is 13.2. The molecule has 0 saturated carbocycles. The fraction of sp³-hybridized carbons (Fsp3) is 0.161. The lowest BCUT2D eigenvalue weighted by Crippen LogP contribution is -2.23. The van der Waals surface area contributed by atoms with Crippen LogP contribution in [0.5, 0.6) is 5.75 Å². The molecule has 10 heteroatoms. The van der Waals surface area contributed by atoms with Crippen LogP contribution in [-0.2, 0) is 6.54 Å². The molecule has 0 aliphatic carbocycles. The fourth-order valence-corrected chi connectivity index (χ4v) is 5.01. The Morgan fingerprint density at radius 2 is 1.90 bits per heavy atom. The highest BCUT2D eigenvalue weighted by Gasteiger charge is 2.18. The number of methoxy groups -OCH3 is 1. The number of nitrogen functional groups attached to an aromatic ring is 1. The van der Waals surface area contributed by atoms with Crippen molar-refractivity contribution in [3.05, 3.63) is 95.6 Å². The zero-order valence-electron chi connectivity index (χ0n) is 22.4. The molecule has 4 heterocycles. The Hall–Kier alpha value is -5.09. The summed E-state index contributed by atoms with van der Waals surface area (Å²) in [4.78, 5) is 22.1. The topological polar surface area (TPSA) is 131 Å². The number of hydrogen-bond donors (Lipinski definition) is 4. The van der Waals surface area contributed by atoms with Crippen molar-refractivity contribution in [1.29, 1.82) is 0 Å². The van der Waals surface area contributed by atoms with Gasteiger partial charge in [-0.15, -0.1) is 0 Å². The number of carbonyl (C=O) groups excluding carboxylic acids is 1. The molecule has 2 aromatic carbocycles. The Morgan fingerprint density at radius 1 is 1.07 bits per heavy atom. The van der Waals surface area contributed by atoms with Gasteiger partial charge in [-0.1, -0.05) is 36.4 Å². The van der Waals surface area contributed by atoms with Gasteiger partial charge in [-0.2, -0.15) is 5.10 Å². The zero-order valence-corrected chi connectivity index (χ0v) is 22.4. The lowest BCUT2D eigenvalue weighted by Gasteiger charge is -2.14. The van der Waals surface area contributed by atoms with E-state index in [1.165, 1.54) is 24.8 Å². The fourth-order valence-electron chi connectivity index (χ4n) is 5.01. The van der Waals surface area contributed by atoms with Crippen LogP contribution >= 0.6 is 0 Å². The average molecular weight is 550 g/mol. The van der Waals surface area contributed by atoms with Crippen LogP contribution < -0.4 is 21.1 Å². The summed E-state index contributed by atoms with van der Waals surface area (Å²) in [5.41, 5.74) is 13.6. The van der Waals surface area contributed by atoms with Gasteiger partial charge in [-0.05, 0) is 53.9 Å². The summed E-state index contributed by atoms with van der Waals surface area (Å²) < 4.78 is 18.9. The van der Waals surface area contributed by atoms with Crippen LogP contribution in [0.2, 0.25) is 0 Å². The number of nitrogens with two attached hydrogens (primary N) is 1. The van der Waals surface area contributed by atoms with Crippen LogP contribution in [0.4, 0.5) is 10.2 Å².